The molecule has 1 unspecified atom stereocenters. The number of benzene rings is 2. The Morgan fingerprint density at radius 3 is 2.25 bits per heavy atom. The Morgan fingerprint density at radius 1 is 1.05 bits per heavy atom. The van der Waals surface area contributed by atoms with Crippen LogP contribution in [-0.4, -0.2) is 7.05 Å². The van der Waals surface area contributed by atoms with Gasteiger partial charge in [0, 0.05) is 11.5 Å². The van der Waals surface area contributed by atoms with E-state index >= 15 is 0 Å². The molecule has 20 heavy (non-hydrogen) atoms. The lowest BCUT2D eigenvalue weighted by molar-refractivity contribution is 0.367. The van der Waals surface area contributed by atoms with Crippen LogP contribution >= 0.6 is 0 Å². The maximum Gasteiger partial charge on any atom is 0.123 e. The smallest absolute Gasteiger partial charge is 0.123 e. The molecule has 0 heterocycles. The van der Waals surface area contributed by atoms with Gasteiger partial charge in [-0.15, -0.1) is 0 Å². The second-order valence-electron chi connectivity index (χ2n) is 5.81. The highest BCUT2D eigenvalue weighted by Crippen LogP contribution is 2.37. The number of likely N-dealkylation sites (N-methyl/N-ethyl adjacent to an activating group) is 1. The molecule has 0 fully saturated rings. The zero-order valence-electron chi connectivity index (χ0n) is 12.6. The van der Waals surface area contributed by atoms with Crippen molar-refractivity contribution in [1.82, 2.24) is 5.32 Å². The molecule has 2 heteroatoms. The normalized spacial score (nSPS) is 13.2. The third-order valence-electron chi connectivity index (χ3n) is 4.07. The van der Waals surface area contributed by atoms with Crippen molar-refractivity contribution in [3.63, 3.8) is 0 Å². The Hall–Kier alpha value is -1.67. The number of aryl methyl sites for hydroxylation is 1. The van der Waals surface area contributed by atoms with E-state index in [9.17, 15) is 4.39 Å². The average Bonchev–Trinajstić information content (AvgIpc) is 2.43. The fraction of sp³-hybridized carbons (Fsp3) is 0.333. The van der Waals surface area contributed by atoms with Crippen LogP contribution < -0.4 is 5.32 Å². The van der Waals surface area contributed by atoms with E-state index in [2.05, 4.69) is 43.4 Å². The number of rotatable bonds is 4. The van der Waals surface area contributed by atoms with Crippen molar-refractivity contribution in [1.29, 1.82) is 0 Å². The molecule has 106 valence electrons. The van der Waals surface area contributed by atoms with Crippen molar-refractivity contribution in [2.75, 3.05) is 7.05 Å². The molecular formula is C18H22FN. The zero-order valence-corrected chi connectivity index (χ0v) is 12.6. The van der Waals surface area contributed by atoms with E-state index in [1.165, 1.54) is 11.6 Å². The van der Waals surface area contributed by atoms with Crippen LogP contribution in [0.15, 0.2) is 48.5 Å². The van der Waals surface area contributed by atoms with Crippen LogP contribution in [0.3, 0.4) is 0 Å². The van der Waals surface area contributed by atoms with Gasteiger partial charge < -0.3 is 5.32 Å². The minimum absolute atomic E-state index is 0.0847. The highest BCUT2D eigenvalue weighted by Gasteiger charge is 2.32. The Labute approximate surface area is 120 Å². The third-order valence-corrected chi connectivity index (χ3v) is 4.07. The van der Waals surface area contributed by atoms with Crippen molar-refractivity contribution >= 4 is 0 Å². The van der Waals surface area contributed by atoms with E-state index in [0.717, 1.165) is 11.1 Å². The molecular weight excluding hydrogens is 249 g/mol. The molecule has 0 aliphatic carbocycles. The standard InChI is InChI=1S/C18H22FN/c1-13-12-15(19)10-11-16(13)17(20-4)18(2,3)14-8-6-5-7-9-14/h5-12,17,20H,1-4H3. The van der Waals surface area contributed by atoms with Gasteiger partial charge in [0.2, 0.25) is 0 Å². The molecule has 1 N–H and O–H groups in total. The molecule has 0 spiro atoms. The Kier molecular flexibility index (Phi) is 4.24. The molecule has 0 aliphatic heterocycles. The van der Waals surface area contributed by atoms with Crippen molar-refractivity contribution in [3.8, 4) is 0 Å². The van der Waals surface area contributed by atoms with Gasteiger partial charge in [-0.2, -0.15) is 0 Å². The molecule has 2 aromatic rings. The van der Waals surface area contributed by atoms with Crippen LogP contribution in [-0.2, 0) is 5.41 Å². The summed E-state index contributed by atoms with van der Waals surface area (Å²) in [6.45, 7) is 6.39. The van der Waals surface area contributed by atoms with Gasteiger partial charge in [-0.05, 0) is 42.8 Å². The number of hydrogen-bond donors (Lipinski definition) is 1. The van der Waals surface area contributed by atoms with Gasteiger partial charge in [0.1, 0.15) is 5.82 Å². The first-order valence-corrected chi connectivity index (χ1v) is 6.95. The van der Waals surface area contributed by atoms with E-state index in [4.69, 9.17) is 0 Å². The minimum Gasteiger partial charge on any atom is -0.312 e. The highest BCUT2D eigenvalue weighted by molar-refractivity contribution is 5.36. The summed E-state index contributed by atoms with van der Waals surface area (Å²) in [6.07, 6.45) is 0. The summed E-state index contributed by atoms with van der Waals surface area (Å²) in [6, 6.07) is 15.6. The van der Waals surface area contributed by atoms with E-state index < -0.39 is 0 Å². The second kappa shape index (κ2) is 5.76. The Morgan fingerprint density at radius 2 is 1.70 bits per heavy atom. The van der Waals surface area contributed by atoms with Gasteiger partial charge in [0.05, 0.1) is 0 Å². The SMILES string of the molecule is CNC(c1ccc(F)cc1C)C(C)(C)c1ccccc1. The molecule has 2 rings (SSSR count). The summed E-state index contributed by atoms with van der Waals surface area (Å²) in [5.41, 5.74) is 3.30. The number of hydrogen-bond acceptors (Lipinski definition) is 1. The topological polar surface area (TPSA) is 12.0 Å². The molecule has 0 aliphatic rings. The van der Waals surface area contributed by atoms with Gasteiger partial charge >= 0.3 is 0 Å². The summed E-state index contributed by atoms with van der Waals surface area (Å²) in [5, 5.41) is 3.39. The monoisotopic (exact) mass is 271 g/mol. The molecule has 0 saturated heterocycles. The van der Waals surface area contributed by atoms with Gasteiger partial charge in [-0.1, -0.05) is 50.2 Å². The minimum atomic E-state index is -0.182. The van der Waals surface area contributed by atoms with Crippen LogP contribution in [0.5, 0.6) is 0 Å². The molecule has 0 bridgehead atoms. The lowest BCUT2D eigenvalue weighted by atomic mass is 9.74. The largest absolute Gasteiger partial charge is 0.312 e. The quantitative estimate of drug-likeness (QED) is 0.870. The maximum atomic E-state index is 13.3. The predicted molar refractivity (Wildman–Crippen MR) is 82.4 cm³/mol. The van der Waals surface area contributed by atoms with Crippen molar-refractivity contribution in [2.24, 2.45) is 0 Å². The van der Waals surface area contributed by atoms with Crippen LogP contribution in [0.4, 0.5) is 4.39 Å². The summed E-state index contributed by atoms with van der Waals surface area (Å²) < 4.78 is 13.3. The highest BCUT2D eigenvalue weighted by atomic mass is 19.1. The third kappa shape index (κ3) is 2.75. The van der Waals surface area contributed by atoms with Gasteiger partial charge in [-0.3, -0.25) is 0 Å². The maximum absolute atomic E-state index is 13.3. The van der Waals surface area contributed by atoms with Gasteiger partial charge in [-0.25, -0.2) is 4.39 Å². The Balaban J connectivity index is 2.46. The Bertz CT molecular complexity index is 575. The molecule has 1 nitrogen and oxygen atoms in total. The van der Waals surface area contributed by atoms with Gasteiger partial charge in [0.15, 0.2) is 0 Å². The zero-order chi connectivity index (χ0) is 14.8. The van der Waals surface area contributed by atoms with Crippen LogP contribution in [0.25, 0.3) is 0 Å². The van der Waals surface area contributed by atoms with Crippen LogP contribution in [0, 0.1) is 12.7 Å². The second-order valence-corrected chi connectivity index (χ2v) is 5.81. The molecule has 1 atom stereocenters. The molecule has 0 aromatic heterocycles. The predicted octanol–water partition coefficient (Wildman–Crippen LogP) is 4.37. The van der Waals surface area contributed by atoms with E-state index in [1.807, 2.05) is 26.1 Å². The first-order valence-electron chi connectivity index (χ1n) is 6.95. The lowest BCUT2D eigenvalue weighted by Crippen LogP contribution is -2.36. The summed E-state index contributed by atoms with van der Waals surface area (Å²) in [4.78, 5) is 0. The average molecular weight is 271 g/mol. The van der Waals surface area contributed by atoms with Crippen molar-refractivity contribution in [3.05, 3.63) is 71.0 Å². The lowest BCUT2D eigenvalue weighted by Gasteiger charge is -2.36. The molecule has 0 saturated carbocycles. The van der Waals surface area contributed by atoms with Crippen molar-refractivity contribution in [2.45, 2.75) is 32.2 Å². The van der Waals surface area contributed by atoms with E-state index in [-0.39, 0.29) is 17.3 Å². The molecule has 0 amide bonds. The summed E-state index contributed by atoms with van der Waals surface area (Å²) in [5.74, 6) is -0.182. The van der Waals surface area contributed by atoms with Gasteiger partial charge in [0.25, 0.3) is 0 Å². The molecule has 2 aromatic carbocycles. The number of halogens is 1. The molecule has 0 radical (unpaired) electrons. The first kappa shape index (κ1) is 14.7. The fourth-order valence-electron chi connectivity index (χ4n) is 2.90. The number of nitrogens with one attached hydrogen (secondary N) is 1. The van der Waals surface area contributed by atoms with Crippen LogP contribution in [0.1, 0.15) is 36.6 Å². The van der Waals surface area contributed by atoms with Crippen LogP contribution in [0.2, 0.25) is 0 Å². The van der Waals surface area contributed by atoms with Crippen molar-refractivity contribution < 1.29 is 4.39 Å². The first-order chi connectivity index (χ1) is 9.46. The summed E-state index contributed by atoms with van der Waals surface area (Å²) in [7, 11) is 1.96. The van der Waals surface area contributed by atoms with E-state index in [1.54, 1.807) is 6.07 Å². The van der Waals surface area contributed by atoms with E-state index in [0.29, 0.717) is 0 Å². The fourth-order valence-corrected chi connectivity index (χ4v) is 2.90. The summed E-state index contributed by atoms with van der Waals surface area (Å²) >= 11 is 0.